The van der Waals surface area contributed by atoms with Crippen LogP contribution in [0.15, 0.2) is 24.5 Å². The molecule has 2 aromatic rings. The lowest BCUT2D eigenvalue weighted by Gasteiger charge is -2.03. The standard InChI is InChI=1S/C13H18N2O/c1-3-11-10-15(8-5-9-16-2)12-6-4-7-14-13(11)12/h4,6-7,10H,3,5,8-9H2,1-2H3. The number of fused-ring (bicyclic) bond motifs is 1. The first-order valence-electron chi connectivity index (χ1n) is 5.78. The van der Waals surface area contributed by atoms with Crippen molar-refractivity contribution in [1.82, 2.24) is 9.55 Å². The number of methoxy groups -OCH3 is 1. The van der Waals surface area contributed by atoms with Crippen LogP contribution in [0.3, 0.4) is 0 Å². The van der Waals surface area contributed by atoms with Crippen molar-refractivity contribution < 1.29 is 4.74 Å². The van der Waals surface area contributed by atoms with E-state index >= 15 is 0 Å². The monoisotopic (exact) mass is 218 g/mol. The summed E-state index contributed by atoms with van der Waals surface area (Å²) in [5.41, 5.74) is 3.70. The highest BCUT2D eigenvalue weighted by atomic mass is 16.5. The molecule has 2 heterocycles. The molecule has 0 aliphatic rings. The first kappa shape index (κ1) is 11.1. The van der Waals surface area contributed by atoms with E-state index in [2.05, 4.69) is 28.7 Å². The van der Waals surface area contributed by atoms with Crippen molar-refractivity contribution in [1.29, 1.82) is 0 Å². The molecule has 0 fully saturated rings. The van der Waals surface area contributed by atoms with E-state index in [1.54, 1.807) is 7.11 Å². The van der Waals surface area contributed by atoms with Gasteiger partial charge in [-0.1, -0.05) is 6.92 Å². The van der Waals surface area contributed by atoms with Crippen LogP contribution >= 0.6 is 0 Å². The molecule has 0 radical (unpaired) electrons. The minimum absolute atomic E-state index is 0.807. The van der Waals surface area contributed by atoms with Gasteiger partial charge in [0.05, 0.1) is 11.0 Å². The summed E-state index contributed by atoms with van der Waals surface area (Å²) in [7, 11) is 1.74. The molecule has 3 nitrogen and oxygen atoms in total. The van der Waals surface area contributed by atoms with Gasteiger partial charge in [-0.2, -0.15) is 0 Å². The highest BCUT2D eigenvalue weighted by Crippen LogP contribution is 2.19. The molecule has 0 N–H and O–H groups in total. The molecule has 0 spiro atoms. The Hall–Kier alpha value is -1.35. The van der Waals surface area contributed by atoms with Crippen molar-refractivity contribution in [2.24, 2.45) is 0 Å². The highest BCUT2D eigenvalue weighted by molar-refractivity contribution is 5.79. The van der Waals surface area contributed by atoms with E-state index in [1.165, 1.54) is 11.1 Å². The lowest BCUT2D eigenvalue weighted by molar-refractivity contribution is 0.190. The van der Waals surface area contributed by atoms with Crippen LogP contribution < -0.4 is 0 Å². The van der Waals surface area contributed by atoms with Crippen molar-refractivity contribution in [2.75, 3.05) is 13.7 Å². The van der Waals surface area contributed by atoms with E-state index in [9.17, 15) is 0 Å². The molecule has 0 saturated carbocycles. The van der Waals surface area contributed by atoms with Gasteiger partial charge >= 0.3 is 0 Å². The smallest absolute Gasteiger partial charge is 0.0912 e. The van der Waals surface area contributed by atoms with Crippen LogP contribution in [0.25, 0.3) is 11.0 Å². The van der Waals surface area contributed by atoms with Crippen LogP contribution in [-0.4, -0.2) is 23.3 Å². The number of rotatable bonds is 5. The van der Waals surface area contributed by atoms with E-state index in [-0.39, 0.29) is 0 Å². The molecule has 0 amide bonds. The minimum Gasteiger partial charge on any atom is -0.385 e. The Morgan fingerprint density at radius 1 is 1.44 bits per heavy atom. The SMILES string of the molecule is CCc1cn(CCCOC)c2cccnc12. The molecule has 2 rings (SSSR count). The number of pyridine rings is 1. The Morgan fingerprint density at radius 3 is 3.06 bits per heavy atom. The third-order valence-corrected chi connectivity index (χ3v) is 2.84. The van der Waals surface area contributed by atoms with Crippen molar-refractivity contribution in [3.05, 3.63) is 30.1 Å². The first-order chi connectivity index (χ1) is 7.86. The van der Waals surface area contributed by atoms with Crippen LogP contribution in [0.2, 0.25) is 0 Å². The number of ether oxygens (including phenoxy) is 1. The Labute approximate surface area is 96.1 Å². The molecule has 16 heavy (non-hydrogen) atoms. The Kier molecular flexibility index (Phi) is 3.57. The zero-order chi connectivity index (χ0) is 11.4. The fourth-order valence-electron chi connectivity index (χ4n) is 2.02. The molecule has 0 aromatic carbocycles. The second-order valence-corrected chi connectivity index (χ2v) is 3.92. The molecule has 0 unspecified atom stereocenters. The van der Waals surface area contributed by atoms with Crippen LogP contribution in [0.5, 0.6) is 0 Å². The van der Waals surface area contributed by atoms with Crippen LogP contribution in [0.1, 0.15) is 18.9 Å². The van der Waals surface area contributed by atoms with Gasteiger partial charge in [-0.05, 0) is 30.5 Å². The van der Waals surface area contributed by atoms with Gasteiger partial charge in [0.1, 0.15) is 0 Å². The molecule has 86 valence electrons. The van der Waals surface area contributed by atoms with Crippen molar-refractivity contribution in [3.8, 4) is 0 Å². The zero-order valence-electron chi connectivity index (χ0n) is 9.94. The van der Waals surface area contributed by atoms with Crippen LogP contribution in [0.4, 0.5) is 0 Å². The minimum atomic E-state index is 0.807. The zero-order valence-corrected chi connectivity index (χ0v) is 9.94. The topological polar surface area (TPSA) is 27.1 Å². The van der Waals surface area contributed by atoms with Gasteiger partial charge in [0.2, 0.25) is 0 Å². The van der Waals surface area contributed by atoms with Gasteiger partial charge in [-0.25, -0.2) is 0 Å². The summed E-state index contributed by atoms with van der Waals surface area (Å²) in [4.78, 5) is 4.45. The maximum atomic E-state index is 5.08. The maximum absolute atomic E-state index is 5.08. The van der Waals surface area contributed by atoms with Crippen LogP contribution in [-0.2, 0) is 17.7 Å². The Bertz CT molecular complexity index is 462. The summed E-state index contributed by atoms with van der Waals surface area (Å²) < 4.78 is 7.36. The first-order valence-corrected chi connectivity index (χ1v) is 5.78. The normalized spacial score (nSPS) is 11.1. The molecule has 3 heteroatoms. The number of hydrogen-bond donors (Lipinski definition) is 0. The average molecular weight is 218 g/mol. The summed E-state index contributed by atoms with van der Waals surface area (Å²) in [6.45, 7) is 3.97. The summed E-state index contributed by atoms with van der Waals surface area (Å²) in [5, 5.41) is 0. The molecule has 0 bridgehead atoms. The average Bonchev–Trinajstić information content (AvgIpc) is 2.68. The van der Waals surface area contributed by atoms with Crippen molar-refractivity contribution in [2.45, 2.75) is 26.3 Å². The van der Waals surface area contributed by atoms with Gasteiger partial charge in [-0.3, -0.25) is 4.98 Å². The van der Waals surface area contributed by atoms with Crippen molar-refractivity contribution in [3.63, 3.8) is 0 Å². The number of nitrogens with zero attached hydrogens (tertiary/aromatic N) is 2. The fraction of sp³-hybridized carbons (Fsp3) is 0.462. The summed E-state index contributed by atoms with van der Waals surface area (Å²) in [5.74, 6) is 0. The third kappa shape index (κ3) is 2.09. The van der Waals surface area contributed by atoms with Gasteiger partial charge < -0.3 is 9.30 Å². The quantitative estimate of drug-likeness (QED) is 0.721. The van der Waals surface area contributed by atoms with Crippen LogP contribution in [0, 0.1) is 0 Å². The summed E-state index contributed by atoms with van der Waals surface area (Å²) >= 11 is 0. The van der Waals surface area contributed by atoms with E-state index in [0.717, 1.165) is 31.5 Å². The second-order valence-electron chi connectivity index (χ2n) is 3.92. The van der Waals surface area contributed by atoms with E-state index in [0.29, 0.717) is 0 Å². The van der Waals surface area contributed by atoms with E-state index in [4.69, 9.17) is 4.74 Å². The number of hydrogen-bond acceptors (Lipinski definition) is 2. The predicted molar refractivity (Wildman–Crippen MR) is 65.6 cm³/mol. The maximum Gasteiger partial charge on any atom is 0.0912 e. The number of aryl methyl sites for hydroxylation is 2. The largest absolute Gasteiger partial charge is 0.385 e. The van der Waals surface area contributed by atoms with Crippen molar-refractivity contribution >= 4 is 11.0 Å². The summed E-state index contributed by atoms with van der Waals surface area (Å²) in [6.07, 6.45) is 6.15. The number of aromatic nitrogens is 2. The summed E-state index contributed by atoms with van der Waals surface area (Å²) in [6, 6.07) is 4.13. The Morgan fingerprint density at radius 2 is 2.31 bits per heavy atom. The molecular formula is C13H18N2O. The van der Waals surface area contributed by atoms with E-state index < -0.39 is 0 Å². The van der Waals surface area contributed by atoms with Gasteiger partial charge in [0.15, 0.2) is 0 Å². The van der Waals surface area contributed by atoms with Gasteiger partial charge in [0, 0.05) is 32.7 Å². The molecular weight excluding hydrogens is 200 g/mol. The molecule has 2 aromatic heterocycles. The molecule has 0 aliphatic carbocycles. The fourth-order valence-corrected chi connectivity index (χ4v) is 2.02. The lowest BCUT2D eigenvalue weighted by Crippen LogP contribution is -1.99. The third-order valence-electron chi connectivity index (χ3n) is 2.84. The Balaban J connectivity index is 2.30. The van der Waals surface area contributed by atoms with Gasteiger partial charge in [0.25, 0.3) is 0 Å². The second kappa shape index (κ2) is 5.12. The highest BCUT2D eigenvalue weighted by Gasteiger charge is 2.06. The lowest BCUT2D eigenvalue weighted by atomic mass is 10.2. The predicted octanol–water partition coefficient (Wildman–Crippen LogP) is 2.64. The molecule has 0 atom stereocenters. The van der Waals surface area contributed by atoms with Gasteiger partial charge in [-0.15, -0.1) is 0 Å². The van der Waals surface area contributed by atoms with E-state index in [1.807, 2.05) is 12.3 Å². The molecule has 0 saturated heterocycles. The molecule has 0 aliphatic heterocycles.